The van der Waals surface area contributed by atoms with Crippen molar-refractivity contribution in [1.29, 1.82) is 0 Å². The molecule has 3 aromatic heterocycles. The van der Waals surface area contributed by atoms with Gasteiger partial charge in [-0.3, -0.25) is 4.79 Å². The summed E-state index contributed by atoms with van der Waals surface area (Å²) in [6.07, 6.45) is 3.65. The van der Waals surface area contributed by atoms with Crippen LogP contribution in [0.5, 0.6) is 0 Å². The zero-order valence-corrected chi connectivity index (χ0v) is 15.9. The van der Waals surface area contributed by atoms with E-state index in [2.05, 4.69) is 15.3 Å². The Bertz CT molecular complexity index is 902. The van der Waals surface area contributed by atoms with Crippen molar-refractivity contribution >= 4 is 40.2 Å². The van der Waals surface area contributed by atoms with E-state index in [-0.39, 0.29) is 11.9 Å². The van der Waals surface area contributed by atoms with Gasteiger partial charge in [0.2, 0.25) is 0 Å². The number of aromatic nitrogens is 3. The van der Waals surface area contributed by atoms with Crippen LogP contribution in [0.3, 0.4) is 0 Å². The lowest BCUT2D eigenvalue weighted by Crippen LogP contribution is -2.49. The number of carbonyl (C=O) groups is 1. The fourth-order valence-corrected chi connectivity index (χ4v) is 4.85. The van der Waals surface area contributed by atoms with E-state index in [0.717, 1.165) is 26.6 Å². The summed E-state index contributed by atoms with van der Waals surface area (Å²) in [4.78, 5) is 24.8. The number of rotatable bonds is 3. The Kier molecular flexibility index (Phi) is 4.60. The maximum atomic E-state index is 13.0. The van der Waals surface area contributed by atoms with Gasteiger partial charge < -0.3 is 14.8 Å². The van der Waals surface area contributed by atoms with Gasteiger partial charge in [-0.05, 0) is 12.1 Å². The van der Waals surface area contributed by atoms with Crippen molar-refractivity contribution in [2.75, 3.05) is 19.6 Å². The van der Waals surface area contributed by atoms with E-state index >= 15 is 0 Å². The summed E-state index contributed by atoms with van der Waals surface area (Å²) >= 11 is 8.93. The second-order valence-corrected chi connectivity index (χ2v) is 8.33. The molecule has 0 aromatic carbocycles. The molecule has 1 aliphatic heterocycles. The standard InChI is InChI=1S/C16H16ClN5OS2/c1-21-6-5-19-14(21)11-8-18-4-7-22(11)16(23)10-9-24-15(20-10)12-2-3-13(17)25-12/h2-3,5-6,9,11,18H,4,7-8H2,1H3. The predicted octanol–water partition coefficient (Wildman–Crippen LogP) is 3.05. The molecule has 0 aliphatic carbocycles. The molecule has 0 radical (unpaired) electrons. The number of thiazole rings is 1. The number of aryl methyl sites for hydroxylation is 1. The lowest BCUT2D eigenvalue weighted by molar-refractivity contribution is 0.0615. The van der Waals surface area contributed by atoms with E-state index in [1.54, 1.807) is 6.20 Å². The van der Waals surface area contributed by atoms with Gasteiger partial charge in [0.05, 0.1) is 9.21 Å². The molecule has 6 nitrogen and oxygen atoms in total. The summed E-state index contributed by atoms with van der Waals surface area (Å²) in [5.74, 6) is 0.820. The van der Waals surface area contributed by atoms with Crippen molar-refractivity contribution in [2.24, 2.45) is 7.05 Å². The molecule has 1 atom stereocenters. The van der Waals surface area contributed by atoms with Crippen LogP contribution in [0.4, 0.5) is 0 Å². The van der Waals surface area contributed by atoms with Crippen LogP contribution in [0.1, 0.15) is 22.4 Å². The van der Waals surface area contributed by atoms with Crippen molar-refractivity contribution in [2.45, 2.75) is 6.04 Å². The number of hydrogen-bond donors (Lipinski definition) is 1. The van der Waals surface area contributed by atoms with Crippen LogP contribution in [-0.4, -0.2) is 45.0 Å². The van der Waals surface area contributed by atoms with Gasteiger partial charge in [-0.2, -0.15) is 0 Å². The van der Waals surface area contributed by atoms with E-state index in [4.69, 9.17) is 11.6 Å². The number of nitrogens with zero attached hydrogens (tertiary/aromatic N) is 4. The molecule has 1 unspecified atom stereocenters. The van der Waals surface area contributed by atoms with Gasteiger partial charge in [-0.1, -0.05) is 11.6 Å². The molecular formula is C16H16ClN5OS2. The molecular weight excluding hydrogens is 378 g/mol. The molecule has 25 heavy (non-hydrogen) atoms. The lowest BCUT2D eigenvalue weighted by Gasteiger charge is -2.35. The van der Waals surface area contributed by atoms with Crippen LogP contribution in [0.25, 0.3) is 9.88 Å². The van der Waals surface area contributed by atoms with Gasteiger partial charge in [0, 0.05) is 44.5 Å². The summed E-state index contributed by atoms with van der Waals surface area (Å²) in [5.41, 5.74) is 0.477. The van der Waals surface area contributed by atoms with Crippen LogP contribution in [0.15, 0.2) is 29.9 Å². The Morgan fingerprint density at radius 3 is 3.04 bits per heavy atom. The molecule has 4 rings (SSSR count). The summed E-state index contributed by atoms with van der Waals surface area (Å²) in [7, 11) is 1.95. The van der Waals surface area contributed by atoms with Crippen molar-refractivity contribution in [3.63, 3.8) is 0 Å². The quantitative estimate of drug-likeness (QED) is 0.742. The highest BCUT2D eigenvalue weighted by Gasteiger charge is 2.32. The number of halogens is 1. The maximum absolute atomic E-state index is 13.0. The monoisotopic (exact) mass is 393 g/mol. The highest BCUT2D eigenvalue weighted by atomic mass is 35.5. The smallest absolute Gasteiger partial charge is 0.274 e. The van der Waals surface area contributed by atoms with Gasteiger partial charge in [0.1, 0.15) is 22.6 Å². The van der Waals surface area contributed by atoms with Gasteiger partial charge in [-0.25, -0.2) is 9.97 Å². The molecule has 1 N–H and O–H groups in total. The molecule has 4 heterocycles. The SMILES string of the molecule is Cn1ccnc1C1CNCCN1C(=O)c1csc(-c2ccc(Cl)s2)n1. The number of nitrogens with one attached hydrogen (secondary N) is 1. The zero-order valence-electron chi connectivity index (χ0n) is 13.5. The minimum atomic E-state index is -0.0948. The van der Waals surface area contributed by atoms with Gasteiger partial charge in [0.15, 0.2) is 0 Å². The molecule has 0 bridgehead atoms. The molecule has 1 saturated heterocycles. The second kappa shape index (κ2) is 6.87. The summed E-state index contributed by atoms with van der Waals surface area (Å²) in [6.45, 7) is 2.09. The summed E-state index contributed by atoms with van der Waals surface area (Å²) in [5, 5.41) is 5.99. The van der Waals surface area contributed by atoms with Crippen LogP contribution >= 0.6 is 34.3 Å². The highest BCUT2D eigenvalue weighted by molar-refractivity contribution is 7.23. The van der Waals surface area contributed by atoms with E-state index < -0.39 is 0 Å². The topological polar surface area (TPSA) is 63.1 Å². The third-order valence-corrected chi connectivity index (χ3v) is 6.41. The first-order chi connectivity index (χ1) is 12.1. The zero-order chi connectivity index (χ0) is 17.4. The van der Waals surface area contributed by atoms with Gasteiger partial charge in [-0.15, -0.1) is 22.7 Å². The molecule has 3 aromatic rings. The first-order valence-electron chi connectivity index (χ1n) is 7.83. The molecule has 130 valence electrons. The van der Waals surface area contributed by atoms with E-state index in [0.29, 0.717) is 18.8 Å². The van der Waals surface area contributed by atoms with Crippen LogP contribution in [0, 0.1) is 0 Å². The van der Waals surface area contributed by atoms with Crippen molar-refractivity contribution in [3.8, 4) is 9.88 Å². The summed E-state index contributed by atoms with van der Waals surface area (Å²) in [6, 6.07) is 3.68. The number of thiophene rings is 1. The largest absolute Gasteiger partial charge is 0.336 e. The average molecular weight is 394 g/mol. The van der Waals surface area contributed by atoms with E-state index in [9.17, 15) is 4.79 Å². The fraction of sp³-hybridized carbons (Fsp3) is 0.312. The molecule has 0 spiro atoms. The minimum Gasteiger partial charge on any atom is -0.336 e. The Hall–Kier alpha value is -1.74. The average Bonchev–Trinajstić information content (AvgIpc) is 3.34. The molecule has 1 aliphatic rings. The van der Waals surface area contributed by atoms with Crippen LogP contribution in [0.2, 0.25) is 4.34 Å². The molecule has 1 fully saturated rings. The molecule has 0 saturated carbocycles. The Labute approximate surface area is 158 Å². The number of carbonyl (C=O) groups excluding carboxylic acids is 1. The first kappa shape index (κ1) is 16.7. The van der Waals surface area contributed by atoms with Crippen LogP contribution < -0.4 is 5.32 Å². The van der Waals surface area contributed by atoms with Gasteiger partial charge in [0.25, 0.3) is 5.91 Å². The third-order valence-electron chi connectivity index (χ3n) is 4.17. The number of imidazole rings is 1. The number of amides is 1. The van der Waals surface area contributed by atoms with Crippen molar-refractivity contribution < 1.29 is 4.79 Å². The highest BCUT2D eigenvalue weighted by Crippen LogP contribution is 2.33. The minimum absolute atomic E-state index is 0.0559. The second-order valence-electron chi connectivity index (χ2n) is 5.76. The lowest BCUT2D eigenvalue weighted by atomic mass is 10.1. The van der Waals surface area contributed by atoms with Crippen molar-refractivity contribution in [1.82, 2.24) is 24.8 Å². The van der Waals surface area contributed by atoms with Crippen LogP contribution in [-0.2, 0) is 7.05 Å². The Balaban J connectivity index is 1.61. The maximum Gasteiger partial charge on any atom is 0.274 e. The fourth-order valence-electron chi connectivity index (χ4n) is 2.94. The first-order valence-corrected chi connectivity index (χ1v) is 9.91. The number of piperazine rings is 1. The number of hydrogen-bond acceptors (Lipinski definition) is 6. The molecule has 9 heteroatoms. The Morgan fingerprint density at radius 2 is 2.32 bits per heavy atom. The normalized spacial score (nSPS) is 17.8. The van der Waals surface area contributed by atoms with E-state index in [1.165, 1.54) is 22.7 Å². The Morgan fingerprint density at radius 1 is 1.44 bits per heavy atom. The summed E-state index contributed by atoms with van der Waals surface area (Å²) < 4.78 is 2.67. The van der Waals surface area contributed by atoms with E-state index in [1.807, 2.05) is 40.2 Å². The predicted molar refractivity (Wildman–Crippen MR) is 100 cm³/mol. The van der Waals surface area contributed by atoms with Gasteiger partial charge >= 0.3 is 0 Å². The third kappa shape index (κ3) is 3.22. The molecule has 1 amide bonds. The van der Waals surface area contributed by atoms with Crippen molar-refractivity contribution in [3.05, 3.63) is 45.8 Å².